The minimum absolute atomic E-state index is 0.0704. The molecule has 7 nitrogen and oxygen atoms in total. The summed E-state index contributed by atoms with van der Waals surface area (Å²) in [5.74, 6) is -0.505. The molecule has 20 heavy (non-hydrogen) atoms. The molecule has 3 N–H and O–H groups in total. The highest BCUT2D eigenvalue weighted by Gasteiger charge is 2.24. The van der Waals surface area contributed by atoms with Gasteiger partial charge in [0.15, 0.2) is 5.75 Å². The summed E-state index contributed by atoms with van der Waals surface area (Å²) >= 11 is 0. The van der Waals surface area contributed by atoms with Crippen LogP contribution in [0.5, 0.6) is 5.75 Å². The second-order valence-electron chi connectivity index (χ2n) is 5.01. The minimum Gasteiger partial charge on any atom is -0.502 e. The molecule has 0 aliphatic carbocycles. The van der Waals surface area contributed by atoms with Crippen LogP contribution in [0, 0.1) is 16.0 Å². The lowest BCUT2D eigenvalue weighted by Crippen LogP contribution is -2.48. The van der Waals surface area contributed by atoms with E-state index in [4.69, 9.17) is 0 Å². The van der Waals surface area contributed by atoms with E-state index in [2.05, 4.69) is 10.6 Å². The van der Waals surface area contributed by atoms with Gasteiger partial charge in [-0.3, -0.25) is 14.9 Å². The first kappa shape index (κ1) is 14.3. The molecule has 1 aliphatic rings. The number of phenolic OH excluding ortho intramolecular Hbond substituents is 1. The molecule has 2 unspecified atom stereocenters. The smallest absolute Gasteiger partial charge is 0.310 e. The lowest BCUT2D eigenvalue weighted by Gasteiger charge is -2.30. The third-order valence-corrected chi connectivity index (χ3v) is 3.54. The van der Waals surface area contributed by atoms with Gasteiger partial charge in [0.25, 0.3) is 5.91 Å². The van der Waals surface area contributed by atoms with Crippen LogP contribution in [0.4, 0.5) is 5.69 Å². The number of hydrogen-bond acceptors (Lipinski definition) is 5. The van der Waals surface area contributed by atoms with Crippen LogP contribution in [0.1, 0.15) is 23.7 Å². The molecule has 1 aliphatic heterocycles. The number of amides is 1. The Labute approximate surface area is 116 Å². The average Bonchev–Trinajstić information content (AvgIpc) is 2.40. The molecule has 1 amide bonds. The van der Waals surface area contributed by atoms with Gasteiger partial charge in [-0.1, -0.05) is 6.92 Å². The second-order valence-corrected chi connectivity index (χ2v) is 5.01. The zero-order valence-corrected chi connectivity index (χ0v) is 11.1. The molecule has 108 valence electrons. The third kappa shape index (κ3) is 3.05. The molecule has 2 atom stereocenters. The van der Waals surface area contributed by atoms with E-state index in [9.17, 15) is 20.0 Å². The van der Waals surface area contributed by atoms with Gasteiger partial charge in [0.2, 0.25) is 0 Å². The van der Waals surface area contributed by atoms with Crippen molar-refractivity contribution in [1.82, 2.24) is 10.6 Å². The molecule has 0 aromatic heterocycles. The fraction of sp³-hybridized carbons (Fsp3) is 0.462. The highest BCUT2D eigenvalue weighted by molar-refractivity contribution is 5.95. The number of nitrogens with zero attached hydrogens (tertiary/aromatic N) is 1. The zero-order chi connectivity index (χ0) is 14.7. The number of hydrogen-bond donors (Lipinski definition) is 3. The number of benzene rings is 1. The first-order valence-electron chi connectivity index (χ1n) is 6.48. The van der Waals surface area contributed by atoms with Crippen LogP contribution < -0.4 is 10.6 Å². The largest absolute Gasteiger partial charge is 0.502 e. The summed E-state index contributed by atoms with van der Waals surface area (Å²) < 4.78 is 0. The van der Waals surface area contributed by atoms with E-state index in [1.807, 2.05) is 6.92 Å². The van der Waals surface area contributed by atoms with Crippen molar-refractivity contribution in [2.45, 2.75) is 19.4 Å². The number of carbonyl (C=O) groups is 1. The number of aromatic hydroxyl groups is 1. The Morgan fingerprint density at radius 3 is 2.90 bits per heavy atom. The molecular formula is C13H17N3O4. The van der Waals surface area contributed by atoms with Crippen LogP contribution in [-0.4, -0.2) is 35.1 Å². The van der Waals surface area contributed by atoms with Gasteiger partial charge in [0, 0.05) is 17.7 Å². The van der Waals surface area contributed by atoms with Gasteiger partial charge in [-0.15, -0.1) is 0 Å². The number of nitro groups is 1. The lowest BCUT2D eigenvalue weighted by molar-refractivity contribution is -0.385. The van der Waals surface area contributed by atoms with Gasteiger partial charge >= 0.3 is 5.69 Å². The SMILES string of the molecule is CC1CNCCC1NC(=O)c1ccc([N+](=O)[O-])c(O)c1. The summed E-state index contributed by atoms with van der Waals surface area (Å²) in [5, 5.41) is 26.3. The monoisotopic (exact) mass is 279 g/mol. The molecule has 0 radical (unpaired) electrons. The van der Waals surface area contributed by atoms with E-state index in [0.717, 1.165) is 31.6 Å². The second kappa shape index (κ2) is 5.87. The van der Waals surface area contributed by atoms with Gasteiger partial charge < -0.3 is 15.7 Å². The Bertz CT molecular complexity index is 532. The van der Waals surface area contributed by atoms with Crippen LogP contribution >= 0.6 is 0 Å². The molecule has 1 fully saturated rings. The first-order valence-corrected chi connectivity index (χ1v) is 6.48. The van der Waals surface area contributed by atoms with Crippen LogP contribution in [0.2, 0.25) is 0 Å². The van der Waals surface area contributed by atoms with Crippen molar-refractivity contribution in [3.63, 3.8) is 0 Å². The summed E-state index contributed by atoms with van der Waals surface area (Å²) in [7, 11) is 0. The first-order chi connectivity index (χ1) is 9.49. The van der Waals surface area contributed by atoms with Crippen LogP contribution in [0.25, 0.3) is 0 Å². The molecule has 1 heterocycles. The van der Waals surface area contributed by atoms with E-state index >= 15 is 0 Å². The van der Waals surface area contributed by atoms with Crippen LogP contribution in [0.3, 0.4) is 0 Å². The summed E-state index contributed by atoms with van der Waals surface area (Å²) in [6.45, 7) is 3.74. The summed E-state index contributed by atoms with van der Waals surface area (Å²) in [4.78, 5) is 22.0. The zero-order valence-electron chi connectivity index (χ0n) is 11.1. The van der Waals surface area contributed by atoms with Gasteiger partial charge in [0.1, 0.15) is 0 Å². The predicted octanol–water partition coefficient (Wildman–Crippen LogP) is 1.03. The Kier molecular flexibility index (Phi) is 4.19. The van der Waals surface area contributed by atoms with Gasteiger partial charge in [-0.2, -0.15) is 0 Å². The number of piperidine rings is 1. The third-order valence-electron chi connectivity index (χ3n) is 3.54. The molecule has 0 saturated carbocycles. The van der Waals surface area contributed by atoms with Crippen molar-refractivity contribution in [3.05, 3.63) is 33.9 Å². The lowest BCUT2D eigenvalue weighted by atomic mass is 9.95. The molecule has 1 saturated heterocycles. The van der Waals surface area contributed by atoms with Crippen molar-refractivity contribution < 1.29 is 14.8 Å². The molecule has 1 aromatic carbocycles. The van der Waals surface area contributed by atoms with Crippen molar-refractivity contribution in [2.75, 3.05) is 13.1 Å². The molecular weight excluding hydrogens is 262 g/mol. The standard InChI is InChI=1S/C13H17N3O4/c1-8-7-14-5-4-10(8)15-13(18)9-2-3-11(16(19)20)12(17)6-9/h2-3,6,8,10,14,17H,4-5,7H2,1H3,(H,15,18). The fourth-order valence-electron chi connectivity index (χ4n) is 2.30. The molecule has 0 spiro atoms. The van der Waals surface area contributed by atoms with Gasteiger partial charge in [-0.05, 0) is 37.6 Å². The van der Waals surface area contributed by atoms with E-state index < -0.39 is 16.4 Å². The minimum atomic E-state index is -0.689. The maximum atomic E-state index is 12.1. The van der Waals surface area contributed by atoms with E-state index in [1.54, 1.807) is 0 Å². The number of carbonyl (C=O) groups excluding carboxylic acids is 1. The Balaban J connectivity index is 2.09. The Morgan fingerprint density at radius 2 is 2.30 bits per heavy atom. The molecule has 7 heteroatoms. The van der Waals surface area contributed by atoms with Crippen molar-refractivity contribution in [2.24, 2.45) is 5.92 Å². The summed E-state index contributed by atoms with van der Waals surface area (Å²) in [6.07, 6.45) is 0.839. The summed E-state index contributed by atoms with van der Waals surface area (Å²) in [5.41, 5.74) is -0.185. The van der Waals surface area contributed by atoms with Crippen molar-refractivity contribution in [3.8, 4) is 5.75 Å². The number of nitro benzene ring substituents is 1. The normalized spacial score (nSPS) is 22.2. The predicted molar refractivity (Wildman–Crippen MR) is 72.7 cm³/mol. The molecule has 2 rings (SSSR count). The van der Waals surface area contributed by atoms with E-state index in [-0.39, 0.29) is 17.5 Å². The fourth-order valence-corrected chi connectivity index (χ4v) is 2.30. The Morgan fingerprint density at radius 1 is 1.55 bits per heavy atom. The van der Waals surface area contributed by atoms with E-state index in [0.29, 0.717) is 5.92 Å². The van der Waals surface area contributed by atoms with Crippen molar-refractivity contribution >= 4 is 11.6 Å². The molecule has 1 aromatic rings. The van der Waals surface area contributed by atoms with Crippen molar-refractivity contribution in [1.29, 1.82) is 0 Å². The van der Waals surface area contributed by atoms with Gasteiger partial charge in [-0.25, -0.2) is 0 Å². The van der Waals surface area contributed by atoms with E-state index in [1.165, 1.54) is 6.07 Å². The quantitative estimate of drug-likeness (QED) is 0.566. The van der Waals surface area contributed by atoms with Crippen LogP contribution in [0.15, 0.2) is 18.2 Å². The summed E-state index contributed by atoms with van der Waals surface area (Å²) in [6, 6.07) is 3.68. The average molecular weight is 279 g/mol. The number of rotatable bonds is 3. The maximum Gasteiger partial charge on any atom is 0.310 e. The highest BCUT2D eigenvalue weighted by atomic mass is 16.6. The molecule has 0 bridgehead atoms. The number of phenols is 1. The number of nitrogens with one attached hydrogen (secondary N) is 2. The maximum absolute atomic E-state index is 12.1. The van der Waals surface area contributed by atoms with Gasteiger partial charge in [0.05, 0.1) is 4.92 Å². The Hall–Kier alpha value is -2.15. The highest BCUT2D eigenvalue weighted by Crippen LogP contribution is 2.26. The van der Waals surface area contributed by atoms with Crippen LogP contribution in [-0.2, 0) is 0 Å². The topological polar surface area (TPSA) is 104 Å².